The van der Waals surface area contributed by atoms with Crippen LogP contribution in [0.3, 0.4) is 0 Å². The van der Waals surface area contributed by atoms with Gasteiger partial charge in [0.1, 0.15) is 5.60 Å². The predicted octanol–water partition coefficient (Wildman–Crippen LogP) is 2.14. The van der Waals surface area contributed by atoms with Crippen molar-refractivity contribution in [3.05, 3.63) is 24.5 Å². The molecule has 1 spiro atoms. The molecule has 1 aliphatic carbocycles. The lowest BCUT2D eigenvalue weighted by Gasteiger charge is -2.33. The average Bonchev–Trinajstić information content (AvgIpc) is 2.84. The third kappa shape index (κ3) is 2.57. The van der Waals surface area contributed by atoms with Gasteiger partial charge in [0.25, 0.3) is 0 Å². The van der Waals surface area contributed by atoms with Crippen molar-refractivity contribution in [1.29, 1.82) is 0 Å². The molecular formula is C15H18N2O4. The zero-order chi connectivity index (χ0) is 14.9. The van der Waals surface area contributed by atoms with Crippen LogP contribution in [-0.4, -0.2) is 36.3 Å². The van der Waals surface area contributed by atoms with E-state index in [0.717, 1.165) is 5.69 Å². The minimum atomic E-state index is -0.475. The molecule has 0 bridgehead atoms. The molecule has 0 unspecified atom stereocenters. The molecule has 1 saturated carbocycles. The summed E-state index contributed by atoms with van der Waals surface area (Å²) < 4.78 is 10.4. The van der Waals surface area contributed by atoms with Gasteiger partial charge >= 0.3 is 12.1 Å². The van der Waals surface area contributed by atoms with E-state index in [-0.39, 0.29) is 18.0 Å². The standard InChI is InChI=1S/C15H18N2O4/c1-20-13(18)11-4-6-15(7-5-11)10-17(14(19)21-15)12-3-2-8-16-9-12/h2-3,8-9,11H,4-7,10H2,1H3/t11-,15+. The van der Waals surface area contributed by atoms with Crippen LogP contribution < -0.4 is 4.90 Å². The summed E-state index contributed by atoms with van der Waals surface area (Å²) in [5, 5.41) is 0. The highest BCUT2D eigenvalue weighted by atomic mass is 16.6. The second kappa shape index (κ2) is 5.35. The Kier molecular flexibility index (Phi) is 3.53. The van der Waals surface area contributed by atoms with Gasteiger partial charge < -0.3 is 9.47 Å². The van der Waals surface area contributed by atoms with E-state index in [1.165, 1.54) is 7.11 Å². The molecule has 1 saturated heterocycles. The molecule has 0 radical (unpaired) electrons. The lowest BCUT2D eigenvalue weighted by atomic mass is 9.79. The zero-order valence-electron chi connectivity index (χ0n) is 11.9. The van der Waals surface area contributed by atoms with E-state index in [2.05, 4.69) is 4.98 Å². The van der Waals surface area contributed by atoms with E-state index >= 15 is 0 Å². The van der Waals surface area contributed by atoms with E-state index < -0.39 is 5.60 Å². The second-order valence-corrected chi connectivity index (χ2v) is 5.65. The minimum Gasteiger partial charge on any atom is -0.469 e. The molecule has 2 aliphatic rings. The van der Waals surface area contributed by atoms with Gasteiger partial charge in [-0.1, -0.05) is 0 Å². The number of carbonyl (C=O) groups excluding carboxylic acids is 2. The highest BCUT2D eigenvalue weighted by Gasteiger charge is 2.48. The Bertz CT molecular complexity index is 538. The number of methoxy groups -OCH3 is 1. The molecule has 112 valence electrons. The Morgan fingerprint density at radius 3 is 2.86 bits per heavy atom. The molecular weight excluding hydrogens is 272 g/mol. The van der Waals surface area contributed by atoms with Crippen molar-refractivity contribution in [2.45, 2.75) is 31.3 Å². The topological polar surface area (TPSA) is 68.7 Å². The number of pyridine rings is 1. The molecule has 0 atom stereocenters. The number of amides is 1. The summed E-state index contributed by atoms with van der Waals surface area (Å²) in [7, 11) is 1.41. The SMILES string of the molecule is COC(=O)[C@H]1CC[C@@]2(CC1)CN(c1cccnc1)C(=O)O2. The van der Waals surface area contributed by atoms with Gasteiger partial charge in [-0.05, 0) is 37.8 Å². The van der Waals surface area contributed by atoms with Crippen molar-refractivity contribution in [2.24, 2.45) is 5.92 Å². The Morgan fingerprint density at radius 1 is 1.48 bits per heavy atom. The number of hydrogen-bond donors (Lipinski definition) is 0. The van der Waals surface area contributed by atoms with Crippen LogP contribution >= 0.6 is 0 Å². The summed E-state index contributed by atoms with van der Waals surface area (Å²) in [6, 6.07) is 3.63. The zero-order valence-corrected chi connectivity index (χ0v) is 11.9. The summed E-state index contributed by atoms with van der Waals surface area (Å²) in [5.74, 6) is -0.245. The molecule has 3 rings (SSSR count). The molecule has 1 aromatic heterocycles. The molecule has 1 amide bonds. The lowest BCUT2D eigenvalue weighted by molar-refractivity contribution is -0.147. The van der Waals surface area contributed by atoms with Crippen molar-refractivity contribution in [3.8, 4) is 0 Å². The van der Waals surface area contributed by atoms with Gasteiger partial charge in [0.15, 0.2) is 0 Å². The predicted molar refractivity (Wildman–Crippen MR) is 74.8 cm³/mol. The first-order valence-corrected chi connectivity index (χ1v) is 7.12. The first kappa shape index (κ1) is 13.9. The molecule has 2 heterocycles. The van der Waals surface area contributed by atoms with Crippen LogP contribution in [-0.2, 0) is 14.3 Å². The van der Waals surface area contributed by atoms with E-state index in [1.807, 2.05) is 6.07 Å². The van der Waals surface area contributed by atoms with Crippen LogP contribution in [0.2, 0.25) is 0 Å². The Labute approximate surface area is 123 Å². The first-order valence-electron chi connectivity index (χ1n) is 7.12. The molecule has 1 aliphatic heterocycles. The van der Waals surface area contributed by atoms with Crippen LogP contribution in [0.25, 0.3) is 0 Å². The van der Waals surface area contributed by atoms with Crippen LogP contribution in [0.1, 0.15) is 25.7 Å². The number of nitrogens with zero attached hydrogens (tertiary/aromatic N) is 2. The van der Waals surface area contributed by atoms with Gasteiger partial charge in [0.2, 0.25) is 0 Å². The maximum atomic E-state index is 12.1. The van der Waals surface area contributed by atoms with Crippen LogP contribution in [0.5, 0.6) is 0 Å². The van der Waals surface area contributed by atoms with Gasteiger partial charge in [0, 0.05) is 6.20 Å². The van der Waals surface area contributed by atoms with Gasteiger partial charge in [-0.3, -0.25) is 14.7 Å². The fourth-order valence-corrected chi connectivity index (χ4v) is 3.14. The monoisotopic (exact) mass is 290 g/mol. The number of esters is 1. The number of aromatic nitrogens is 1. The Morgan fingerprint density at radius 2 is 2.24 bits per heavy atom. The van der Waals surface area contributed by atoms with Crippen molar-refractivity contribution in [2.75, 3.05) is 18.6 Å². The molecule has 0 aromatic carbocycles. The van der Waals surface area contributed by atoms with E-state index in [0.29, 0.717) is 32.2 Å². The van der Waals surface area contributed by atoms with Crippen LogP contribution in [0, 0.1) is 5.92 Å². The van der Waals surface area contributed by atoms with E-state index in [4.69, 9.17) is 9.47 Å². The van der Waals surface area contributed by atoms with Crippen molar-refractivity contribution in [1.82, 2.24) is 4.98 Å². The van der Waals surface area contributed by atoms with Crippen LogP contribution in [0.4, 0.5) is 10.5 Å². The van der Waals surface area contributed by atoms with E-state index in [1.54, 1.807) is 23.4 Å². The summed E-state index contributed by atoms with van der Waals surface area (Å²) >= 11 is 0. The van der Waals surface area contributed by atoms with Gasteiger partial charge in [-0.25, -0.2) is 4.79 Å². The Hall–Kier alpha value is -2.11. The number of ether oxygens (including phenoxy) is 2. The largest absolute Gasteiger partial charge is 0.469 e. The number of carbonyl (C=O) groups is 2. The fraction of sp³-hybridized carbons (Fsp3) is 0.533. The lowest BCUT2D eigenvalue weighted by Crippen LogP contribution is -2.40. The first-order chi connectivity index (χ1) is 10.1. The maximum absolute atomic E-state index is 12.1. The molecule has 1 aromatic rings. The van der Waals surface area contributed by atoms with Crippen molar-refractivity contribution >= 4 is 17.7 Å². The summed E-state index contributed by atoms with van der Waals surface area (Å²) in [6.45, 7) is 0.519. The number of rotatable bonds is 2. The molecule has 6 nitrogen and oxygen atoms in total. The van der Waals surface area contributed by atoms with Crippen molar-refractivity contribution in [3.63, 3.8) is 0 Å². The highest BCUT2D eigenvalue weighted by molar-refractivity contribution is 5.90. The Balaban J connectivity index is 1.69. The quantitative estimate of drug-likeness (QED) is 0.781. The average molecular weight is 290 g/mol. The molecule has 0 N–H and O–H groups in total. The molecule has 2 fully saturated rings. The minimum absolute atomic E-state index is 0.0771. The summed E-state index contributed by atoms with van der Waals surface area (Å²) in [6.07, 6.45) is 5.76. The fourth-order valence-electron chi connectivity index (χ4n) is 3.14. The molecule has 21 heavy (non-hydrogen) atoms. The third-order valence-corrected chi connectivity index (χ3v) is 4.36. The normalized spacial score (nSPS) is 28.5. The smallest absolute Gasteiger partial charge is 0.415 e. The third-order valence-electron chi connectivity index (χ3n) is 4.36. The summed E-state index contributed by atoms with van der Waals surface area (Å²) in [5.41, 5.74) is 0.270. The molecule has 6 heteroatoms. The van der Waals surface area contributed by atoms with Crippen molar-refractivity contribution < 1.29 is 19.1 Å². The highest BCUT2D eigenvalue weighted by Crippen LogP contribution is 2.40. The van der Waals surface area contributed by atoms with Gasteiger partial charge in [-0.2, -0.15) is 0 Å². The van der Waals surface area contributed by atoms with Gasteiger partial charge in [-0.15, -0.1) is 0 Å². The summed E-state index contributed by atoms with van der Waals surface area (Å²) in [4.78, 5) is 29.3. The number of anilines is 1. The second-order valence-electron chi connectivity index (χ2n) is 5.65. The van der Waals surface area contributed by atoms with Crippen LogP contribution in [0.15, 0.2) is 24.5 Å². The number of hydrogen-bond acceptors (Lipinski definition) is 5. The maximum Gasteiger partial charge on any atom is 0.415 e. The van der Waals surface area contributed by atoms with E-state index in [9.17, 15) is 9.59 Å². The van der Waals surface area contributed by atoms with Gasteiger partial charge in [0.05, 0.1) is 31.5 Å².